The quantitative estimate of drug-likeness (QED) is 0.127. The molecule has 0 aromatic carbocycles. The van der Waals surface area contributed by atoms with Crippen LogP contribution in [0.15, 0.2) is 11.6 Å². The van der Waals surface area contributed by atoms with Crippen molar-refractivity contribution in [1.29, 1.82) is 0 Å². The summed E-state index contributed by atoms with van der Waals surface area (Å²) in [5.74, 6) is -1.11. The van der Waals surface area contributed by atoms with E-state index in [1.54, 1.807) is 0 Å². The largest absolute Gasteiger partial charge is 0.481 e. The first kappa shape index (κ1) is 44.7. The first-order valence-electron chi connectivity index (χ1n) is 21.3. The van der Waals surface area contributed by atoms with Gasteiger partial charge in [-0.3, -0.25) is 4.79 Å². The predicted octanol–water partition coefficient (Wildman–Crippen LogP) is -0.201. The van der Waals surface area contributed by atoms with Gasteiger partial charge in [0.2, 0.25) is 0 Å². The normalized spacial score (nSPS) is 54.3. The second kappa shape index (κ2) is 15.8. The monoisotopic (exact) mass is 828 g/mol. The first-order chi connectivity index (χ1) is 27.3. The van der Waals surface area contributed by atoms with Crippen molar-refractivity contribution < 1.29 is 79.9 Å². The molecule has 6 fully saturated rings. The summed E-state index contributed by atoms with van der Waals surface area (Å²) in [5, 5.41) is 117. The van der Waals surface area contributed by atoms with Crippen molar-refractivity contribution in [3.8, 4) is 0 Å². The average Bonchev–Trinajstić information content (AvgIpc) is 3.20. The minimum absolute atomic E-state index is 0.0273. The van der Waals surface area contributed by atoms with Gasteiger partial charge in [-0.15, -0.1) is 0 Å². The van der Waals surface area contributed by atoms with Crippen molar-refractivity contribution in [3.05, 3.63) is 11.6 Å². The smallest absolute Gasteiger partial charge is 0.310 e. The van der Waals surface area contributed by atoms with Gasteiger partial charge in [0.05, 0.1) is 44.6 Å². The van der Waals surface area contributed by atoms with E-state index in [0.29, 0.717) is 44.9 Å². The third-order valence-electron chi connectivity index (χ3n) is 17.6. The molecule has 2 heterocycles. The Morgan fingerprint density at radius 1 is 0.741 bits per heavy atom. The number of carboxylic acid groups (broad SMARTS) is 1. The van der Waals surface area contributed by atoms with Crippen molar-refractivity contribution in [1.82, 2.24) is 0 Å². The highest BCUT2D eigenvalue weighted by atomic mass is 16.8. The van der Waals surface area contributed by atoms with Crippen LogP contribution in [-0.4, -0.2) is 163 Å². The third-order valence-corrected chi connectivity index (χ3v) is 17.6. The van der Waals surface area contributed by atoms with Gasteiger partial charge < -0.3 is 75.1 Å². The molecule has 0 aromatic heterocycles. The number of aliphatic hydroxyl groups is 10. The Kier molecular flexibility index (Phi) is 12.2. The first-order valence-corrected chi connectivity index (χ1v) is 21.3. The summed E-state index contributed by atoms with van der Waals surface area (Å²) < 4.78 is 23.7. The summed E-state index contributed by atoms with van der Waals surface area (Å²) in [4.78, 5) is 13.5. The number of carbonyl (C=O) groups is 1. The number of ether oxygens (including phenoxy) is 4. The maximum Gasteiger partial charge on any atom is 0.310 e. The molecular weight excluding hydrogens is 760 g/mol. The molecule has 0 bridgehead atoms. The van der Waals surface area contributed by atoms with Gasteiger partial charge in [0, 0.05) is 10.8 Å². The molecule has 20 atom stereocenters. The molecule has 2 aliphatic heterocycles. The summed E-state index contributed by atoms with van der Waals surface area (Å²) in [7, 11) is 0. The zero-order valence-corrected chi connectivity index (χ0v) is 34.2. The van der Waals surface area contributed by atoms with Gasteiger partial charge in [0.25, 0.3) is 0 Å². The van der Waals surface area contributed by atoms with Gasteiger partial charge >= 0.3 is 5.97 Å². The lowest BCUT2D eigenvalue weighted by Gasteiger charge is -2.71. The molecule has 5 aliphatic carbocycles. The number of aliphatic hydroxyl groups excluding tert-OH is 10. The van der Waals surface area contributed by atoms with Crippen LogP contribution in [0.5, 0.6) is 0 Å². The van der Waals surface area contributed by atoms with Crippen LogP contribution >= 0.6 is 0 Å². The van der Waals surface area contributed by atoms with E-state index in [1.807, 2.05) is 13.8 Å². The van der Waals surface area contributed by atoms with Crippen LogP contribution in [0.25, 0.3) is 0 Å². The summed E-state index contributed by atoms with van der Waals surface area (Å²) >= 11 is 0. The van der Waals surface area contributed by atoms with E-state index < -0.39 is 114 Å². The third kappa shape index (κ3) is 6.49. The highest BCUT2D eigenvalue weighted by Gasteiger charge is 2.71. The molecule has 0 spiro atoms. The van der Waals surface area contributed by atoms with Crippen molar-refractivity contribution in [2.45, 2.75) is 159 Å². The van der Waals surface area contributed by atoms with E-state index in [9.17, 15) is 61.0 Å². The lowest BCUT2D eigenvalue weighted by Crippen LogP contribution is -2.67. The number of carboxylic acids is 1. The van der Waals surface area contributed by atoms with Gasteiger partial charge in [-0.2, -0.15) is 0 Å². The van der Waals surface area contributed by atoms with E-state index in [-0.39, 0.29) is 42.5 Å². The minimum Gasteiger partial charge on any atom is -0.481 e. The Hall–Kier alpha value is -1.35. The van der Waals surface area contributed by atoms with E-state index in [2.05, 4.69) is 19.9 Å². The number of hydrogen-bond acceptors (Lipinski definition) is 15. The summed E-state index contributed by atoms with van der Waals surface area (Å²) in [6.45, 7) is 6.88. The average molecular weight is 829 g/mol. The molecular formula is C42H68O16. The van der Waals surface area contributed by atoms with E-state index in [4.69, 9.17) is 18.9 Å². The second-order valence-corrected chi connectivity index (χ2v) is 20.3. The number of hydrogen-bond donors (Lipinski definition) is 11. The Morgan fingerprint density at radius 2 is 1.38 bits per heavy atom. The Labute approximate surface area is 339 Å². The van der Waals surface area contributed by atoms with Crippen LogP contribution in [0.2, 0.25) is 0 Å². The van der Waals surface area contributed by atoms with Crippen molar-refractivity contribution in [3.63, 3.8) is 0 Å². The fourth-order valence-corrected chi connectivity index (χ4v) is 13.8. The summed E-state index contributed by atoms with van der Waals surface area (Å²) in [6, 6.07) is 0. The van der Waals surface area contributed by atoms with E-state index in [0.717, 1.165) is 24.8 Å². The van der Waals surface area contributed by atoms with Crippen LogP contribution in [0.4, 0.5) is 0 Å². The van der Waals surface area contributed by atoms with Crippen LogP contribution in [0, 0.1) is 50.2 Å². The topological polar surface area (TPSA) is 277 Å². The zero-order valence-electron chi connectivity index (χ0n) is 34.2. The number of aliphatic carboxylic acids is 1. The predicted molar refractivity (Wildman–Crippen MR) is 202 cm³/mol. The van der Waals surface area contributed by atoms with Gasteiger partial charge in [-0.25, -0.2) is 0 Å². The fourth-order valence-electron chi connectivity index (χ4n) is 13.8. The molecule has 2 saturated heterocycles. The lowest BCUT2D eigenvalue weighted by molar-refractivity contribution is -0.369. The van der Waals surface area contributed by atoms with Crippen LogP contribution in [0.3, 0.4) is 0 Å². The fraction of sp³-hybridized carbons (Fsp3) is 0.929. The minimum atomic E-state index is -1.82. The van der Waals surface area contributed by atoms with Crippen molar-refractivity contribution in [2.24, 2.45) is 50.2 Å². The molecule has 16 nitrogen and oxygen atoms in total. The van der Waals surface area contributed by atoms with Crippen LogP contribution in [0.1, 0.15) is 91.9 Å². The molecule has 0 aromatic rings. The lowest BCUT2D eigenvalue weighted by atomic mass is 9.33. The molecule has 4 saturated carbocycles. The van der Waals surface area contributed by atoms with Gasteiger partial charge in [-0.1, -0.05) is 39.3 Å². The maximum absolute atomic E-state index is 13.5. The Bertz CT molecular complexity index is 1550. The van der Waals surface area contributed by atoms with Gasteiger partial charge in [-0.05, 0) is 98.2 Å². The van der Waals surface area contributed by atoms with E-state index >= 15 is 0 Å². The highest BCUT2D eigenvalue weighted by molar-refractivity contribution is 5.76. The molecule has 7 rings (SSSR count). The molecule has 58 heavy (non-hydrogen) atoms. The Morgan fingerprint density at radius 3 is 2.00 bits per heavy atom. The van der Waals surface area contributed by atoms with Gasteiger partial charge in [0.15, 0.2) is 12.6 Å². The molecule has 332 valence electrons. The molecule has 7 aliphatic rings. The molecule has 20 unspecified atom stereocenters. The maximum atomic E-state index is 13.5. The number of fused-ring (bicyclic) bond motifs is 7. The van der Waals surface area contributed by atoms with E-state index in [1.165, 1.54) is 0 Å². The standard InChI is InChI=1S/C42H68O16/c1-37(20-55-35-33(31(51)29(49)24(17-44)57-35)58-34-32(52)30(50)28(48)23(16-43)56-34)11-12-41(36(53)54)13-14-42(19-46)21(22(41)15-37)5-6-26-38(2)9-8-27(47)39(3,18-45)25(38)7-10-40(26,42)4/h5,22-35,43-52H,6-20H2,1-4H3,(H,53,54). The Balaban J connectivity index is 1.17. The van der Waals surface area contributed by atoms with Crippen LogP contribution in [-0.2, 0) is 23.7 Å². The van der Waals surface area contributed by atoms with Crippen LogP contribution < -0.4 is 0 Å². The van der Waals surface area contributed by atoms with Crippen molar-refractivity contribution >= 4 is 5.97 Å². The summed E-state index contributed by atoms with van der Waals surface area (Å²) in [6.07, 6.45) is -8.58. The molecule has 0 radical (unpaired) electrons. The van der Waals surface area contributed by atoms with Gasteiger partial charge in [0.1, 0.15) is 48.8 Å². The molecule has 11 N–H and O–H groups in total. The van der Waals surface area contributed by atoms with Crippen molar-refractivity contribution in [2.75, 3.05) is 33.0 Å². The molecule has 0 amide bonds. The second-order valence-electron chi connectivity index (χ2n) is 20.3. The number of allylic oxidation sites excluding steroid dienone is 1. The summed E-state index contributed by atoms with van der Waals surface area (Å²) in [5.41, 5.74) is -2.70. The number of rotatable bonds is 10. The zero-order chi connectivity index (χ0) is 42.4. The molecule has 16 heteroatoms. The highest BCUT2D eigenvalue weighted by Crippen LogP contribution is 2.75. The SMILES string of the molecule is CC1(COC2OC(CO)C(O)C(O)C2OC2OC(CO)C(O)C(O)C2O)CCC2(C(=O)O)CCC3(CO)C(=CCC4C5(C)CCC(O)C(C)(CO)C5CCC43C)C2C1.